The normalized spacial score (nSPS) is 15.7. The standard InChI is InChI=1S/C21H23N3O3/c1-15-23-17-6-2-3-7-18(17)24(15)13-11-21(25)22-12-10-16-14-26-19-8-4-5-9-20(19)27-16/h2-9,16H,10-14H2,1H3,(H,22,25). The summed E-state index contributed by atoms with van der Waals surface area (Å²) in [6.07, 6.45) is 1.10. The number of nitrogens with one attached hydrogen (secondary N) is 1. The van der Waals surface area contributed by atoms with Gasteiger partial charge in [-0.1, -0.05) is 24.3 Å². The van der Waals surface area contributed by atoms with Gasteiger partial charge in [-0.05, 0) is 31.2 Å². The van der Waals surface area contributed by atoms with Gasteiger partial charge >= 0.3 is 0 Å². The van der Waals surface area contributed by atoms with Crippen molar-refractivity contribution in [3.05, 3.63) is 54.4 Å². The topological polar surface area (TPSA) is 65.4 Å². The van der Waals surface area contributed by atoms with Crippen molar-refractivity contribution in [2.24, 2.45) is 0 Å². The van der Waals surface area contributed by atoms with Gasteiger partial charge < -0.3 is 19.4 Å². The highest BCUT2D eigenvalue weighted by Gasteiger charge is 2.20. The summed E-state index contributed by atoms with van der Waals surface area (Å²) in [6.45, 7) is 3.66. The van der Waals surface area contributed by atoms with Crippen LogP contribution in [-0.2, 0) is 11.3 Å². The number of nitrogens with zero attached hydrogens (tertiary/aromatic N) is 2. The van der Waals surface area contributed by atoms with Gasteiger partial charge in [-0.25, -0.2) is 4.98 Å². The van der Waals surface area contributed by atoms with E-state index < -0.39 is 0 Å². The van der Waals surface area contributed by atoms with Crippen LogP contribution in [0.4, 0.5) is 0 Å². The first-order valence-corrected chi connectivity index (χ1v) is 9.28. The zero-order chi connectivity index (χ0) is 18.6. The van der Waals surface area contributed by atoms with Crippen molar-refractivity contribution in [2.75, 3.05) is 13.2 Å². The molecule has 140 valence electrons. The minimum absolute atomic E-state index is 0.0318. The molecule has 4 rings (SSSR count). The van der Waals surface area contributed by atoms with Gasteiger partial charge in [0.25, 0.3) is 0 Å². The van der Waals surface area contributed by atoms with Crippen molar-refractivity contribution >= 4 is 16.9 Å². The highest BCUT2D eigenvalue weighted by atomic mass is 16.6. The van der Waals surface area contributed by atoms with E-state index in [9.17, 15) is 4.79 Å². The maximum Gasteiger partial charge on any atom is 0.221 e. The summed E-state index contributed by atoms with van der Waals surface area (Å²) < 4.78 is 13.7. The number of benzene rings is 2. The van der Waals surface area contributed by atoms with Gasteiger partial charge in [-0.15, -0.1) is 0 Å². The first kappa shape index (κ1) is 17.4. The lowest BCUT2D eigenvalue weighted by Crippen LogP contribution is -2.34. The number of para-hydroxylation sites is 4. The summed E-state index contributed by atoms with van der Waals surface area (Å²) in [4.78, 5) is 16.7. The van der Waals surface area contributed by atoms with Crippen LogP contribution in [0.1, 0.15) is 18.7 Å². The highest BCUT2D eigenvalue weighted by Crippen LogP contribution is 2.31. The Morgan fingerprint density at radius 2 is 1.96 bits per heavy atom. The molecule has 1 atom stereocenters. The molecule has 1 aliphatic rings. The average Bonchev–Trinajstić information content (AvgIpc) is 3.01. The lowest BCUT2D eigenvalue weighted by atomic mass is 10.2. The number of aryl methyl sites for hydroxylation is 2. The number of imidazole rings is 1. The molecule has 1 aliphatic heterocycles. The third-order valence-corrected chi connectivity index (χ3v) is 4.76. The van der Waals surface area contributed by atoms with Crippen LogP contribution in [0.5, 0.6) is 11.5 Å². The fraction of sp³-hybridized carbons (Fsp3) is 0.333. The predicted molar refractivity (Wildman–Crippen MR) is 103 cm³/mol. The Labute approximate surface area is 158 Å². The lowest BCUT2D eigenvalue weighted by molar-refractivity contribution is -0.121. The fourth-order valence-electron chi connectivity index (χ4n) is 3.36. The van der Waals surface area contributed by atoms with Crippen LogP contribution < -0.4 is 14.8 Å². The first-order valence-electron chi connectivity index (χ1n) is 9.28. The molecule has 2 aromatic carbocycles. The van der Waals surface area contributed by atoms with Gasteiger partial charge in [0.1, 0.15) is 18.5 Å². The molecule has 27 heavy (non-hydrogen) atoms. The van der Waals surface area contributed by atoms with E-state index in [-0.39, 0.29) is 12.0 Å². The van der Waals surface area contributed by atoms with E-state index in [1.807, 2.05) is 55.5 Å². The molecule has 1 amide bonds. The van der Waals surface area contributed by atoms with Gasteiger partial charge in [0.15, 0.2) is 11.5 Å². The van der Waals surface area contributed by atoms with Gasteiger partial charge in [-0.3, -0.25) is 4.79 Å². The third-order valence-electron chi connectivity index (χ3n) is 4.76. The van der Waals surface area contributed by atoms with Crippen LogP contribution in [0.3, 0.4) is 0 Å². The van der Waals surface area contributed by atoms with Gasteiger partial charge in [0.2, 0.25) is 5.91 Å². The number of carbonyl (C=O) groups is 1. The van der Waals surface area contributed by atoms with Crippen LogP contribution in [0.15, 0.2) is 48.5 Å². The zero-order valence-electron chi connectivity index (χ0n) is 15.4. The van der Waals surface area contributed by atoms with E-state index in [2.05, 4.69) is 14.9 Å². The SMILES string of the molecule is Cc1nc2ccccc2n1CCC(=O)NCCC1COc2ccccc2O1. The van der Waals surface area contributed by atoms with Crippen LogP contribution >= 0.6 is 0 Å². The van der Waals surface area contributed by atoms with Gasteiger partial charge in [0, 0.05) is 25.9 Å². The molecule has 0 fully saturated rings. The molecule has 0 spiro atoms. The number of carbonyl (C=O) groups excluding carboxylic acids is 1. The summed E-state index contributed by atoms with van der Waals surface area (Å²) in [5.41, 5.74) is 2.03. The largest absolute Gasteiger partial charge is 0.486 e. The number of hydrogen-bond donors (Lipinski definition) is 1. The summed E-state index contributed by atoms with van der Waals surface area (Å²) in [7, 11) is 0. The number of aromatic nitrogens is 2. The molecule has 6 heteroatoms. The average molecular weight is 365 g/mol. The quantitative estimate of drug-likeness (QED) is 0.729. The van der Waals surface area contributed by atoms with Crippen molar-refractivity contribution in [1.29, 1.82) is 0 Å². The molecule has 1 unspecified atom stereocenters. The third kappa shape index (κ3) is 3.89. The van der Waals surface area contributed by atoms with Crippen LogP contribution in [0.2, 0.25) is 0 Å². The molecule has 0 aliphatic carbocycles. The van der Waals surface area contributed by atoms with Crippen LogP contribution in [0.25, 0.3) is 11.0 Å². The second-order valence-electron chi connectivity index (χ2n) is 6.69. The maximum absolute atomic E-state index is 12.2. The summed E-state index contributed by atoms with van der Waals surface area (Å²) >= 11 is 0. The Morgan fingerprint density at radius 1 is 1.19 bits per heavy atom. The summed E-state index contributed by atoms with van der Waals surface area (Å²) in [6, 6.07) is 15.6. The second-order valence-corrected chi connectivity index (χ2v) is 6.69. The smallest absolute Gasteiger partial charge is 0.221 e. The molecule has 0 radical (unpaired) electrons. The molecule has 6 nitrogen and oxygen atoms in total. The maximum atomic E-state index is 12.2. The van der Waals surface area contributed by atoms with E-state index in [0.29, 0.717) is 32.5 Å². The highest BCUT2D eigenvalue weighted by molar-refractivity contribution is 5.77. The van der Waals surface area contributed by atoms with Crippen LogP contribution in [0, 0.1) is 6.92 Å². The molecular formula is C21H23N3O3. The molecule has 0 saturated heterocycles. The van der Waals surface area contributed by atoms with E-state index in [0.717, 1.165) is 28.4 Å². The van der Waals surface area contributed by atoms with E-state index in [1.54, 1.807) is 0 Å². The minimum atomic E-state index is -0.0416. The van der Waals surface area contributed by atoms with Crippen molar-refractivity contribution in [1.82, 2.24) is 14.9 Å². The summed E-state index contributed by atoms with van der Waals surface area (Å²) in [5, 5.41) is 2.98. The Balaban J connectivity index is 1.24. The number of rotatable bonds is 6. The van der Waals surface area contributed by atoms with E-state index >= 15 is 0 Å². The van der Waals surface area contributed by atoms with Crippen LogP contribution in [-0.4, -0.2) is 34.7 Å². The predicted octanol–water partition coefficient (Wildman–Crippen LogP) is 3.08. The van der Waals surface area contributed by atoms with E-state index in [4.69, 9.17) is 9.47 Å². The Hall–Kier alpha value is -3.02. The second kappa shape index (κ2) is 7.70. The molecule has 0 bridgehead atoms. The molecule has 2 heterocycles. The van der Waals surface area contributed by atoms with Crippen molar-refractivity contribution in [2.45, 2.75) is 32.4 Å². The van der Waals surface area contributed by atoms with Crippen molar-refractivity contribution < 1.29 is 14.3 Å². The molecule has 1 N–H and O–H groups in total. The summed E-state index contributed by atoms with van der Waals surface area (Å²) in [5.74, 6) is 2.50. The fourth-order valence-corrected chi connectivity index (χ4v) is 3.36. The number of fused-ring (bicyclic) bond motifs is 2. The molecule has 1 aromatic heterocycles. The molecule has 3 aromatic rings. The van der Waals surface area contributed by atoms with Crippen molar-refractivity contribution in [3.63, 3.8) is 0 Å². The monoisotopic (exact) mass is 365 g/mol. The Morgan fingerprint density at radius 3 is 2.85 bits per heavy atom. The van der Waals surface area contributed by atoms with E-state index in [1.165, 1.54) is 0 Å². The number of amides is 1. The Bertz CT molecular complexity index is 951. The van der Waals surface area contributed by atoms with Gasteiger partial charge in [-0.2, -0.15) is 0 Å². The van der Waals surface area contributed by atoms with Gasteiger partial charge in [0.05, 0.1) is 11.0 Å². The molecule has 0 saturated carbocycles. The lowest BCUT2D eigenvalue weighted by Gasteiger charge is -2.26. The minimum Gasteiger partial charge on any atom is -0.486 e. The Kier molecular flexibility index (Phi) is 4.96. The van der Waals surface area contributed by atoms with Crippen molar-refractivity contribution in [3.8, 4) is 11.5 Å². The zero-order valence-corrected chi connectivity index (χ0v) is 15.4. The number of hydrogen-bond acceptors (Lipinski definition) is 4. The first-order chi connectivity index (χ1) is 13.2. The molecular weight excluding hydrogens is 342 g/mol. The number of ether oxygens (including phenoxy) is 2.